The largest absolute Gasteiger partial charge is 0.497 e. The monoisotopic (exact) mass is 316 g/mol. The van der Waals surface area contributed by atoms with Gasteiger partial charge in [-0.1, -0.05) is 42.0 Å². The Kier molecular flexibility index (Phi) is 3.76. The molecule has 0 heterocycles. The topological polar surface area (TPSA) is 9.23 Å². The minimum Gasteiger partial charge on any atom is -0.497 e. The van der Waals surface area contributed by atoms with E-state index in [-0.39, 0.29) is 5.56 Å². The van der Waals surface area contributed by atoms with Crippen LogP contribution >= 0.6 is 0 Å². The first kappa shape index (κ1) is 15.4. The number of aryl methyl sites for hydroxylation is 1. The molecule has 0 aliphatic heterocycles. The van der Waals surface area contributed by atoms with Gasteiger partial charge in [0.05, 0.1) is 12.7 Å². The standard InChI is InChI=1S/C19H15F3O/c1-12-3-9-15-16(10-4-12)18(19(20,21)22)11-17(15)13-5-7-14(23-2)8-6-13/h3-11H,1-2H3. The average Bonchev–Trinajstić information content (AvgIpc) is 2.79. The van der Waals surface area contributed by atoms with E-state index < -0.39 is 11.7 Å². The van der Waals surface area contributed by atoms with E-state index in [4.69, 9.17) is 4.74 Å². The molecule has 2 aliphatic carbocycles. The Labute approximate surface area is 132 Å². The van der Waals surface area contributed by atoms with Gasteiger partial charge in [0.2, 0.25) is 0 Å². The third kappa shape index (κ3) is 2.89. The summed E-state index contributed by atoms with van der Waals surface area (Å²) < 4.78 is 45.2. The summed E-state index contributed by atoms with van der Waals surface area (Å²) in [6, 6.07) is 15.1. The minimum atomic E-state index is -4.38. The lowest BCUT2D eigenvalue weighted by atomic mass is 10.0. The van der Waals surface area contributed by atoms with Crippen LogP contribution in [0.15, 0.2) is 54.6 Å². The molecule has 2 aliphatic rings. The smallest absolute Gasteiger partial charge is 0.417 e. The van der Waals surface area contributed by atoms with Crippen LogP contribution < -0.4 is 4.74 Å². The number of halogens is 3. The summed E-state index contributed by atoms with van der Waals surface area (Å²) >= 11 is 0. The molecule has 0 fully saturated rings. The second kappa shape index (κ2) is 5.61. The number of fused-ring (bicyclic) bond motifs is 1. The Morgan fingerprint density at radius 1 is 0.783 bits per heavy atom. The molecule has 0 atom stereocenters. The second-order valence-electron chi connectivity index (χ2n) is 5.44. The number of hydrogen-bond donors (Lipinski definition) is 0. The fourth-order valence-corrected chi connectivity index (χ4v) is 2.68. The fraction of sp³-hybridized carbons (Fsp3) is 0.158. The quantitative estimate of drug-likeness (QED) is 0.581. The summed E-state index contributed by atoms with van der Waals surface area (Å²) in [6.07, 6.45) is -4.38. The van der Waals surface area contributed by atoms with Gasteiger partial charge in [-0.3, -0.25) is 0 Å². The number of hydrogen-bond acceptors (Lipinski definition) is 1. The van der Waals surface area contributed by atoms with E-state index in [1.54, 1.807) is 49.6 Å². The molecule has 0 saturated heterocycles. The van der Waals surface area contributed by atoms with Gasteiger partial charge in [-0.05, 0) is 47.4 Å². The van der Waals surface area contributed by atoms with Crippen LogP contribution in [0.25, 0.3) is 22.3 Å². The van der Waals surface area contributed by atoms with Gasteiger partial charge in [-0.2, -0.15) is 13.2 Å². The third-order valence-electron chi connectivity index (χ3n) is 3.89. The summed E-state index contributed by atoms with van der Waals surface area (Å²) in [6.45, 7) is 1.86. The normalized spacial score (nSPS) is 11.7. The van der Waals surface area contributed by atoms with E-state index in [0.29, 0.717) is 16.9 Å². The van der Waals surface area contributed by atoms with Crippen molar-refractivity contribution in [3.63, 3.8) is 0 Å². The van der Waals surface area contributed by atoms with Gasteiger partial charge < -0.3 is 4.74 Å². The Bertz CT molecular complexity index is 804. The van der Waals surface area contributed by atoms with E-state index in [9.17, 15) is 13.2 Å². The number of methoxy groups -OCH3 is 1. The van der Waals surface area contributed by atoms with Crippen LogP contribution in [0.4, 0.5) is 13.2 Å². The van der Waals surface area contributed by atoms with Crippen molar-refractivity contribution in [3.8, 4) is 28.0 Å². The van der Waals surface area contributed by atoms with E-state index in [1.807, 2.05) is 13.0 Å². The zero-order chi connectivity index (χ0) is 16.6. The number of benzene rings is 1. The molecule has 4 heteroatoms. The van der Waals surface area contributed by atoms with Crippen LogP contribution in [-0.2, 0) is 6.18 Å². The Balaban J connectivity index is 2.24. The molecule has 3 rings (SSSR count). The molecule has 0 N–H and O–H groups in total. The number of rotatable bonds is 2. The Hall–Kier alpha value is -2.49. The van der Waals surface area contributed by atoms with Gasteiger partial charge in [0.25, 0.3) is 0 Å². The van der Waals surface area contributed by atoms with Gasteiger partial charge >= 0.3 is 6.18 Å². The molecule has 1 aromatic carbocycles. The molecule has 0 spiro atoms. The van der Waals surface area contributed by atoms with Crippen molar-refractivity contribution in [2.45, 2.75) is 13.1 Å². The molecular formula is C19H15F3O. The highest BCUT2D eigenvalue weighted by Crippen LogP contribution is 2.45. The number of ether oxygens (including phenoxy) is 1. The van der Waals surface area contributed by atoms with Crippen LogP contribution in [0.2, 0.25) is 0 Å². The maximum absolute atomic E-state index is 13.4. The lowest BCUT2D eigenvalue weighted by Gasteiger charge is -2.06. The third-order valence-corrected chi connectivity index (χ3v) is 3.89. The van der Waals surface area contributed by atoms with E-state index in [1.165, 1.54) is 6.07 Å². The van der Waals surface area contributed by atoms with Crippen LogP contribution in [-0.4, -0.2) is 7.11 Å². The first-order valence-corrected chi connectivity index (χ1v) is 7.15. The molecule has 0 bridgehead atoms. The molecular weight excluding hydrogens is 301 g/mol. The summed E-state index contributed by atoms with van der Waals surface area (Å²) in [4.78, 5) is 0. The van der Waals surface area contributed by atoms with Crippen molar-refractivity contribution < 1.29 is 17.9 Å². The highest BCUT2D eigenvalue weighted by Gasteiger charge is 2.36. The predicted octanol–water partition coefficient (Wildman–Crippen LogP) is 5.79. The Morgan fingerprint density at radius 3 is 1.96 bits per heavy atom. The van der Waals surface area contributed by atoms with Crippen LogP contribution in [0.5, 0.6) is 5.75 Å². The summed E-state index contributed by atoms with van der Waals surface area (Å²) in [5.41, 5.74) is 2.43. The van der Waals surface area contributed by atoms with Crippen LogP contribution in [0.3, 0.4) is 0 Å². The SMILES string of the molecule is COc1ccc(-c2cc(C(F)(F)F)c3ccc(C)ccc2-3)cc1. The second-order valence-corrected chi connectivity index (χ2v) is 5.44. The fourth-order valence-electron chi connectivity index (χ4n) is 2.68. The lowest BCUT2D eigenvalue weighted by Crippen LogP contribution is -2.03. The molecule has 0 saturated carbocycles. The van der Waals surface area contributed by atoms with Gasteiger partial charge in [0, 0.05) is 0 Å². The molecule has 118 valence electrons. The van der Waals surface area contributed by atoms with Crippen molar-refractivity contribution >= 4 is 0 Å². The zero-order valence-electron chi connectivity index (χ0n) is 12.7. The summed E-state index contributed by atoms with van der Waals surface area (Å²) in [5, 5.41) is 0. The first-order chi connectivity index (χ1) is 10.9. The van der Waals surface area contributed by atoms with Crippen molar-refractivity contribution in [3.05, 3.63) is 65.7 Å². The lowest BCUT2D eigenvalue weighted by molar-refractivity contribution is -0.136. The van der Waals surface area contributed by atoms with Crippen LogP contribution in [0.1, 0.15) is 11.1 Å². The average molecular weight is 316 g/mol. The number of alkyl halides is 3. The van der Waals surface area contributed by atoms with Crippen molar-refractivity contribution in [2.75, 3.05) is 7.11 Å². The first-order valence-electron chi connectivity index (χ1n) is 7.15. The zero-order valence-corrected chi connectivity index (χ0v) is 12.7. The van der Waals surface area contributed by atoms with Gasteiger partial charge in [0.15, 0.2) is 0 Å². The van der Waals surface area contributed by atoms with E-state index in [2.05, 4.69) is 0 Å². The highest BCUT2D eigenvalue weighted by molar-refractivity contribution is 5.89. The minimum absolute atomic E-state index is 0.219. The van der Waals surface area contributed by atoms with E-state index in [0.717, 1.165) is 11.1 Å². The Morgan fingerprint density at radius 2 is 1.39 bits per heavy atom. The maximum Gasteiger partial charge on any atom is 0.417 e. The predicted molar refractivity (Wildman–Crippen MR) is 84.8 cm³/mol. The van der Waals surface area contributed by atoms with Crippen molar-refractivity contribution in [2.24, 2.45) is 0 Å². The van der Waals surface area contributed by atoms with E-state index >= 15 is 0 Å². The van der Waals surface area contributed by atoms with Gasteiger partial charge in [-0.15, -0.1) is 0 Å². The van der Waals surface area contributed by atoms with Gasteiger partial charge in [-0.25, -0.2) is 0 Å². The summed E-state index contributed by atoms with van der Waals surface area (Å²) in [5.74, 6) is 0.669. The highest BCUT2D eigenvalue weighted by atomic mass is 19.4. The molecule has 0 radical (unpaired) electrons. The maximum atomic E-state index is 13.4. The summed E-state index contributed by atoms with van der Waals surface area (Å²) in [7, 11) is 1.55. The van der Waals surface area contributed by atoms with Crippen molar-refractivity contribution in [1.29, 1.82) is 0 Å². The van der Waals surface area contributed by atoms with Crippen molar-refractivity contribution in [1.82, 2.24) is 0 Å². The van der Waals surface area contributed by atoms with Crippen LogP contribution in [0, 0.1) is 6.92 Å². The molecule has 0 aromatic heterocycles. The molecule has 23 heavy (non-hydrogen) atoms. The molecule has 0 unspecified atom stereocenters. The molecule has 1 aromatic rings. The van der Waals surface area contributed by atoms with Gasteiger partial charge in [0.1, 0.15) is 5.75 Å². The molecule has 0 amide bonds. The molecule has 1 nitrogen and oxygen atoms in total.